The number of aliphatic hydroxyl groups is 9. The van der Waals surface area contributed by atoms with E-state index in [9.17, 15) is 65.4 Å². The first-order valence-electron chi connectivity index (χ1n) is 22.2. The number of carbonyl (C=O) groups is 3. The number of carboxylic acids is 1. The number of Topliss-reactive ketones (excluding diaryl/α,β-unsaturated/α-hetero) is 1. The molecule has 0 radical (unpaired) electrons. The monoisotopic (exact) mass is 921 g/mol. The van der Waals surface area contributed by atoms with Crippen LogP contribution in [0.25, 0.3) is 0 Å². The smallest absolute Gasteiger partial charge is 0.311 e. The van der Waals surface area contributed by atoms with E-state index in [-0.39, 0.29) is 31.6 Å². The third-order valence-electron chi connectivity index (χ3n) is 11.9. The number of aliphatic hydroxyl groups excluding tert-OH is 8. The number of ether oxygens (including phenoxy) is 4. The molecule has 2 bridgehead atoms. The third kappa shape index (κ3) is 18.5. The number of carbonyl (C=O) groups excluding carboxylic acids is 2. The van der Waals surface area contributed by atoms with Gasteiger partial charge >= 0.3 is 11.9 Å². The lowest BCUT2D eigenvalue weighted by Gasteiger charge is -2.45. The van der Waals surface area contributed by atoms with E-state index in [0.717, 1.165) is 0 Å². The first kappa shape index (κ1) is 55.6. The largest absolute Gasteiger partial charge is 0.481 e. The van der Waals surface area contributed by atoms with Crippen LogP contribution in [0.1, 0.15) is 79.1 Å². The number of cyclic esters (lactones) is 1. The van der Waals surface area contributed by atoms with Gasteiger partial charge in [0.25, 0.3) is 0 Å². The standard InChI is InChI=1S/C47H71NO17/c1-27-17-15-13-11-9-7-5-6-8-10-12-14-16-18-34(64-46-44(58)41(48)43(57)30(4)63-46)24-38-40(45(59)60)37(54)26-47(61,65-38)25-36(53)35(52)20-19-31(49)21-32(50)22-33(51)23-39(55)62-29(3)28(2)42(27)56/h5-18,27-30,32-38,40-44,46,50-54,56-58,61H,19-26,48H2,1-4H3,(H,59,60)/b6-5+,9-7+,10-8+,13-11+,14-12+,17-15+,18-16+/t27-,28-,29-,30+,32+,33+,34-,35?,36+,37-,38-,40+,41-,42+,43+,44-,46-,47+/m0/s1. The van der Waals surface area contributed by atoms with E-state index in [1.807, 2.05) is 13.0 Å². The second-order valence-electron chi connectivity index (χ2n) is 17.4. The highest BCUT2D eigenvalue weighted by Crippen LogP contribution is 2.38. The fourth-order valence-electron chi connectivity index (χ4n) is 7.82. The van der Waals surface area contributed by atoms with Crippen LogP contribution < -0.4 is 5.73 Å². The highest BCUT2D eigenvalue weighted by Gasteiger charge is 2.51. The summed E-state index contributed by atoms with van der Waals surface area (Å²) in [5.41, 5.74) is 6.01. The molecule has 0 amide bonds. The number of rotatable bonds is 3. The molecule has 366 valence electrons. The third-order valence-corrected chi connectivity index (χ3v) is 11.9. The molecule has 0 aliphatic carbocycles. The normalized spacial score (nSPS) is 44.4. The van der Waals surface area contributed by atoms with Gasteiger partial charge in [0.1, 0.15) is 23.9 Å². The highest BCUT2D eigenvalue weighted by molar-refractivity contribution is 5.78. The summed E-state index contributed by atoms with van der Waals surface area (Å²) in [6, 6.07) is -1.15. The van der Waals surface area contributed by atoms with Crippen molar-refractivity contribution in [3.05, 3.63) is 85.1 Å². The van der Waals surface area contributed by atoms with Gasteiger partial charge in [-0.2, -0.15) is 0 Å². The Morgan fingerprint density at radius 1 is 0.692 bits per heavy atom. The van der Waals surface area contributed by atoms with Crippen molar-refractivity contribution in [2.75, 3.05) is 0 Å². The van der Waals surface area contributed by atoms with Crippen LogP contribution in [-0.2, 0) is 33.3 Å². The zero-order valence-corrected chi connectivity index (χ0v) is 37.5. The van der Waals surface area contributed by atoms with Crippen molar-refractivity contribution in [3.63, 3.8) is 0 Å². The summed E-state index contributed by atoms with van der Waals surface area (Å²) in [7, 11) is 0. The van der Waals surface area contributed by atoms with Gasteiger partial charge in [-0.25, -0.2) is 0 Å². The van der Waals surface area contributed by atoms with Crippen molar-refractivity contribution in [2.45, 2.75) is 170 Å². The van der Waals surface area contributed by atoms with Gasteiger partial charge in [-0.1, -0.05) is 98.9 Å². The maximum Gasteiger partial charge on any atom is 0.311 e. The number of fused-ring (bicyclic) bond motifs is 2. The molecule has 3 heterocycles. The molecule has 65 heavy (non-hydrogen) atoms. The Balaban J connectivity index is 1.86. The molecular weight excluding hydrogens is 851 g/mol. The fourth-order valence-corrected chi connectivity index (χ4v) is 7.82. The molecule has 0 saturated carbocycles. The van der Waals surface area contributed by atoms with E-state index in [1.165, 1.54) is 13.0 Å². The van der Waals surface area contributed by atoms with Crippen molar-refractivity contribution >= 4 is 17.7 Å². The molecule has 18 heteroatoms. The van der Waals surface area contributed by atoms with Crippen LogP contribution in [-0.4, -0.2) is 160 Å². The summed E-state index contributed by atoms with van der Waals surface area (Å²) < 4.78 is 23.1. The average Bonchev–Trinajstić information content (AvgIpc) is 3.21. The lowest BCUT2D eigenvalue weighted by atomic mass is 9.82. The Labute approximate surface area is 380 Å². The second-order valence-corrected chi connectivity index (χ2v) is 17.4. The Morgan fingerprint density at radius 3 is 1.82 bits per heavy atom. The molecule has 2 fully saturated rings. The van der Waals surface area contributed by atoms with E-state index < -0.39 is 147 Å². The van der Waals surface area contributed by atoms with E-state index in [2.05, 4.69) is 0 Å². The lowest BCUT2D eigenvalue weighted by Crippen LogP contribution is -2.61. The first-order valence-corrected chi connectivity index (χ1v) is 22.2. The van der Waals surface area contributed by atoms with Crippen LogP contribution in [0.3, 0.4) is 0 Å². The van der Waals surface area contributed by atoms with Crippen molar-refractivity contribution < 1.29 is 84.4 Å². The number of allylic oxidation sites excluding steroid dienone is 12. The number of hydrogen-bond acceptors (Lipinski definition) is 17. The summed E-state index contributed by atoms with van der Waals surface area (Å²) in [5, 5.41) is 107. The molecule has 0 aromatic rings. The average molecular weight is 922 g/mol. The lowest BCUT2D eigenvalue weighted by molar-refractivity contribution is -0.310. The van der Waals surface area contributed by atoms with Crippen molar-refractivity contribution in [3.8, 4) is 0 Å². The Morgan fingerprint density at radius 2 is 1.23 bits per heavy atom. The van der Waals surface area contributed by atoms with Gasteiger partial charge in [-0.05, 0) is 20.3 Å². The summed E-state index contributed by atoms with van der Waals surface area (Å²) in [6.07, 6.45) is 3.67. The summed E-state index contributed by atoms with van der Waals surface area (Å²) in [4.78, 5) is 37.8. The van der Waals surface area contributed by atoms with Crippen LogP contribution in [0.15, 0.2) is 85.1 Å². The summed E-state index contributed by atoms with van der Waals surface area (Å²) in [5.74, 6) is -7.51. The molecule has 0 aromatic heterocycles. The molecule has 18 nitrogen and oxygen atoms in total. The van der Waals surface area contributed by atoms with E-state index in [4.69, 9.17) is 24.7 Å². The molecule has 1 unspecified atom stereocenters. The fraction of sp³-hybridized carbons (Fsp3) is 0.638. The van der Waals surface area contributed by atoms with Gasteiger partial charge in [0, 0.05) is 50.4 Å². The molecule has 3 aliphatic heterocycles. The van der Waals surface area contributed by atoms with E-state index in [1.54, 1.807) is 86.8 Å². The van der Waals surface area contributed by atoms with E-state index >= 15 is 0 Å². The Bertz CT molecular complexity index is 1710. The van der Waals surface area contributed by atoms with Crippen LogP contribution in [0.2, 0.25) is 0 Å². The molecule has 12 N–H and O–H groups in total. The Kier molecular flexibility index (Phi) is 23.2. The predicted molar refractivity (Wildman–Crippen MR) is 236 cm³/mol. The maximum absolute atomic E-state index is 12.7. The van der Waals surface area contributed by atoms with Gasteiger partial charge in [-0.15, -0.1) is 0 Å². The maximum atomic E-state index is 12.7. The van der Waals surface area contributed by atoms with Gasteiger partial charge < -0.3 is 75.7 Å². The second kappa shape index (κ2) is 27.2. The SMILES string of the molecule is C[C@@H]1[C@H](O)[C@@H](C)/C=C/C=C/C=C/C=C/C=C/C=C/C=C/[C@H](O[C@@H]2O[C@H](C)[C@@H](O)[C@H](N)[C@@H]2O)C[C@@H]2O[C@](O)(C[C@@H](O)C(O)CCC(=O)C[C@@H](O)C[C@@H](O)CC(=O)O[C@H]1C)C[C@H](O)[C@H]2C(=O)O. The molecular formula is C47H71NO17. The first-order chi connectivity index (χ1) is 30.6. The predicted octanol–water partition coefficient (Wildman–Crippen LogP) is 0.920. The van der Waals surface area contributed by atoms with Crippen LogP contribution in [0, 0.1) is 17.8 Å². The zero-order chi connectivity index (χ0) is 48.4. The van der Waals surface area contributed by atoms with Crippen molar-refractivity contribution in [1.29, 1.82) is 0 Å². The van der Waals surface area contributed by atoms with E-state index in [0.29, 0.717) is 0 Å². The number of esters is 1. The minimum atomic E-state index is -2.38. The zero-order valence-electron chi connectivity index (χ0n) is 37.5. The minimum Gasteiger partial charge on any atom is -0.481 e. The van der Waals surface area contributed by atoms with Gasteiger partial charge in [0.15, 0.2) is 12.1 Å². The minimum absolute atomic E-state index is 0.291. The number of nitrogens with two attached hydrogens (primary N) is 1. The van der Waals surface area contributed by atoms with Crippen molar-refractivity contribution in [1.82, 2.24) is 0 Å². The van der Waals surface area contributed by atoms with Crippen molar-refractivity contribution in [2.24, 2.45) is 23.5 Å². The molecule has 18 atom stereocenters. The molecule has 3 rings (SSSR count). The van der Waals surface area contributed by atoms with Crippen LogP contribution in [0.4, 0.5) is 0 Å². The van der Waals surface area contributed by atoms with Gasteiger partial charge in [-0.3, -0.25) is 14.4 Å². The molecule has 0 aromatic carbocycles. The number of aliphatic carboxylic acids is 1. The summed E-state index contributed by atoms with van der Waals surface area (Å²) >= 11 is 0. The van der Waals surface area contributed by atoms with Crippen LogP contribution >= 0.6 is 0 Å². The highest BCUT2D eigenvalue weighted by atomic mass is 16.7. The van der Waals surface area contributed by atoms with Gasteiger partial charge in [0.05, 0.1) is 73.5 Å². The molecule has 0 spiro atoms. The Hall–Kier alpha value is -3.73. The number of ketones is 1. The van der Waals surface area contributed by atoms with Crippen LogP contribution in [0.5, 0.6) is 0 Å². The molecule has 2 saturated heterocycles. The topological polar surface area (TPSA) is 316 Å². The number of carboxylic acid groups (broad SMARTS) is 1. The quantitative estimate of drug-likeness (QED) is 0.175. The summed E-state index contributed by atoms with van der Waals surface area (Å²) in [6.45, 7) is 6.70. The number of hydrogen-bond donors (Lipinski definition) is 11. The molecule has 3 aliphatic rings. The van der Waals surface area contributed by atoms with Gasteiger partial charge in [0.2, 0.25) is 0 Å².